The Hall–Kier alpha value is -2.44. The lowest BCUT2D eigenvalue weighted by molar-refractivity contribution is 1.00. The van der Waals surface area contributed by atoms with Crippen LogP contribution in [0.15, 0.2) is 63.2 Å². The summed E-state index contributed by atoms with van der Waals surface area (Å²) in [5, 5.41) is 2.07. The lowest BCUT2D eigenvalue weighted by atomic mass is 10.1. The van der Waals surface area contributed by atoms with Crippen molar-refractivity contribution in [2.45, 2.75) is 23.9 Å². The van der Waals surface area contributed by atoms with E-state index in [4.69, 9.17) is 4.98 Å². The van der Waals surface area contributed by atoms with E-state index in [-0.39, 0.29) is 5.56 Å². The molecule has 0 radical (unpaired) electrons. The van der Waals surface area contributed by atoms with E-state index in [1.807, 2.05) is 25.3 Å². The second-order valence-corrected chi connectivity index (χ2v) is 8.25. The molecular formula is C20H17N3OS2. The normalized spacial score (nSPS) is 11.2. The molecule has 1 aromatic carbocycles. The van der Waals surface area contributed by atoms with Crippen molar-refractivity contribution in [2.75, 3.05) is 0 Å². The number of thioether (sulfide) groups is 1. The van der Waals surface area contributed by atoms with Crippen molar-refractivity contribution in [3.8, 4) is 11.3 Å². The van der Waals surface area contributed by atoms with Crippen molar-refractivity contribution in [3.05, 3.63) is 81.2 Å². The fourth-order valence-corrected chi connectivity index (χ4v) is 4.38. The molecule has 6 heteroatoms. The summed E-state index contributed by atoms with van der Waals surface area (Å²) in [7, 11) is 0. The highest BCUT2D eigenvalue weighted by atomic mass is 32.2. The second-order valence-electron chi connectivity index (χ2n) is 6.17. The second kappa shape index (κ2) is 7.05. The Balaban J connectivity index is 1.52. The molecule has 0 spiro atoms. The van der Waals surface area contributed by atoms with E-state index in [2.05, 4.69) is 41.6 Å². The van der Waals surface area contributed by atoms with Crippen molar-refractivity contribution >= 4 is 28.7 Å². The lowest BCUT2D eigenvalue weighted by Crippen LogP contribution is -2.15. The van der Waals surface area contributed by atoms with E-state index in [0.717, 1.165) is 26.9 Å². The van der Waals surface area contributed by atoms with Gasteiger partial charge in [-0.1, -0.05) is 47.7 Å². The van der Waals surface area contributed by atoms with E-state index in [0.29, 0.717) is 11.4 Å². The van der Waals surface area contributed by atoms with Gasteiger partial charge >= 0.3 is 0 Å². The summed E-state index contributed by atoms with van der Waals surface area (Å²) in [6.07, 6.45) is 1.82. The molecule has 0 aliphatic carbocycles. The van der Waals surface area contributed by atoms with E-state index in [1.54, 1.807) is 33.6 Å². The van der Waals surface area contributed by atoms with Crippen molar-refractivity contribution in [1.29, 1.82) is 0 Å². The Morgan fingerprint density at radius 2 is 1.81 bits per heavy atom. The van der Waals surface area contributed by atoms with Crippen LogP contribution in [0.2, 0.25) is 0 Å². The Morgan fingerprint density at radius 1 is 1.04 bits per heavy atom. The number of fused-ring (bicyclic) bond motifs is 1. The summed E-state index contributed by atoms with van der Waals surface area (Å²) in [5.41, 5.74) is 5.79. The molecule has 0 saturated heterocycles. The minimum absolute atomic E-state index is 0.0474. The molecule has 0 bridgehead atoms. The van der Waals surface area contributed by atoms with Crippen LogP contribution in [0.5, 0.6) is 0 Å². The maximum atomic E-state index is 12.3. The van der Waals surface area contributed by atoms with E-state index < -0.39 is 0 Å². The molecule has 3 aromatic heterocycles. The highest BCUT2D eigenvalue weighted by Crippen LogP contribution is 2.30. The molecule has 3 heterocycles. The van der Waals surface area contributed by atoms with Gasteiger partial charge < -0.3 is 0 Å². The topological polar surface area (TPSA) is 47.3 Å². The van der Waals surface area contributed by atoms with Crippen molar-refractivity contribution in [2.24, 2.45) is 0 Å². The van der Waals surface area contributed by atoms with Crippen molar-refractivity contribution in [3.63, 3.8) is 0 Å². The SMILES string of the molecule is Cc1ccc(-c2csc(SCc3cc(=O)n4cc(C)ccc4n3)n2)cc1. The highest BCUT2D eigenvalue weighted by Gasteiger charge is 2.08. The highest BCUT2D eigenvalue weighted by molar-refractivity contribution is 8.00. The number of pyridine rings is 1. The molecule has 0 aliphatic heterocycles. The fourth-order valence-electron chi connectivity index (χ4n) is 2.65. The van der Waals surface area contributed by atoms with Gasteiger partial charge in [-0.2, -0.15) is 0 Å². The Kier molecular flexibility index (Phi) is 4.61. The van der Waals surface area contributed by atoms with Crippen LogP contribution in [-0.2, 0) is 5.75 Å². The van der Waals surface area contributed by atoms with Gasteiger partial charge in [-0.25, -0.2) is 9.97 Å². The molecule has 4 nitrogen and oxygen atoms in total. The Labute approximate surface area is 159 Å². The van der Waals surface area contributed by atoms with Crippen LogP contribution in [0, 0.1) is 13.8 Å². The summed E-state index contributed by atoms with van der Waals surface area (Å²) in [4.78, 5) is 21.6. The number of rotatable bonds is 4. The minimum Gasteiger partial charge on any atom is -0.269 e. The molecule has 4 rings (SSSR count). The quantitative estimate of drug-likeness (QED) is 0.481. The molecule has 0 N–H and O–H groups in total. The summed E-state index contributed by atoms with van der Waals surface area (Å²) >= 11 is 3.23. The van der Waals surface area contributed by atoms with Crippen molar-refractivity contribution in [1.82, 2.24) is 14.4 Å². The summed E-state index contributed by atoms with van der Waals surface area (Å²) < 4.78 is 2.56. The molecule has 0 unspecified atom stereocenters. The number of benzene rings is 1. The van der Waals surface area contributed by atoms with Crippen molar-refractivity contribution < 1.29 is 0 Å². The monoisotopic (exact) mass is 379 g/mol. The number of aryl methyl sites for hydroxylation is 2. The average Bonchev–Trinajstić information content (AvgIpc) is 3.10. The predicted octanol–water partition coefficient (Wildman–Crippen LogP) is 4.73. The number of thiazole rings is 1. The zero-order chi connectivity index (χ0) is 18.1. The largest absolute Gasteiger partial charge is 0.269 e. The molecular weight excluding hydrogens is 362 g/mol. The zero-order valence-electron chi connectivity index (χ0n) is 14.5. The van der Waals surface area contributed by atoms with E-state index in [9.17, 15) is 4.79 Å². The molecule has 0 amide bonds. The number of aromatic nitrogens is 3. The lowest BCUT2D eigenvalue weighted by Gasteiger charge is -2.04. The van der Waals surface area contributed by atoms with Crippen LogP contribution in [0.3, 0.4) is 0 Å². The third-order valence-electron chi connectivity index (χ3n) is 4.03. The molecule has 0 atom stereocenters. The molecule has 130 valence electrons. The first-order valence-corrected chi connectivity index (χ1v) is 10.1. The standard InChI is InChI=1S/C20H17N3OS2/c1-13-3-6-15(7-4-13)17-12-26-20(22-17)25-11-16-9-19(24)23-10-14(2)5-8-18(23)21-16/h3-10,12H,11H2,1-2H3. The van der Waals surface area contributed by atoms with Crippen LogP contribution in [0.1, 0.15) is 16.8 Å². The van der Waals surface area contributed by atoms with Gasteiger partial charge in [0, 0.05) is 29.0 Å². The van der Waals surface area contributed by atoms with Crippen LogP contribution in [0.25, 0.3) is 16.9 Å². The summed E-state index contributed by atoms with van der Waals surface area (Å²) in [5.74, 6) is 0.625. The Bertz CT molecular complexity index is 1130. The maximum Gasteiger partial charge on any atom is 0.258 e. The van der Waals surface area contributed by atoms with Gasteiger partial charge in [0.2, 0.25) is 0 Å². The van der Waals surface area contributed by atoms with Crippen LogP contribution < -0.4 is 5.56 Å². The fraction of sp³-hybridized carbons (Fsp3) is 0.150. The first-order chi connectivity index (χ1) is 12.6. The molecule has 4 aromatic rings. The Morgan fingerprint density at radius 3 is 2.62 bits per heavy atom. The number of hydrogen-bond acceptors (Lipinski definition) is 5. The average molecular weight is 380 g/mol. The third-order valence-corrected chi connectivity index (χ3v) is 6.09. The molecule has 0 saturated carbocycles. The van der Waals surface area contributed by atoms with Gasteiger partial charge in [-0.05, 0) is 25.5 Å². The molecule has 0 aliphatic rings. The van der Waals surface area contributed by atoms with Crippen LogP contribution >= 0.6 is 23.1 Å². The van der Waals surface area contributed by atoms with Gasteiger partial charge in [0.15, 0.2) is 4.34 Å². The summed E-state index contributed by atoms with van der Waals surface area (Å²) in [6, 6.07) is 13.8. The maximum absolute atomic E-state index is 12.3. The molecule has 0 fully saturated rings. The third kappa shape index (κ3) is 3.57. The smallest absolute Gasteiger partial charge is 0.258 e. The van der Waals surface area contributed by atoms with Crippen LogP contribution in [-0.4, -0.2) is 14.4 Å². The van der Waals surface area contributed by atoms with E-state index in [1.165, 1.54) is 5.56 Å². The van der Waals surface area contributed by atoms with Gasteiger partial charge in [-0.15, -0.1) is 11.3 Å². The predicted molar refractivity (Wildman–Crippen MR) is 108 cm³/mol. The summed E-state index contributed by atoms with van der Waals surface area (Å²) in [6.45, 7) is 4.04. The van der Waals surface area contributed by atoms with Gasteiger partial charge in [0.05, 0.1) is 11.4 Å². The van der Waals surface area contributed by atoms with E-state index >= 15 is 0 Å². The number of hydrogen-bond donors (Lipinski definition) is 0. The zero-order valence-corrected chi connectivity index (χ0v) is 16.1. The van der Waals surface area contributed by atoms with Gasteiger partial charge in [0.1, 0.15) is 5.65 Å². The van der Waals surface area contributed by atoms with Crippen LogP contribution in [0.4, 0.5) is 0 Å². The molecule has 26 heavy (non-hydrogen) atoms. The first kappa shape index (κ1) is 17.0. The van der Waals surface area contributed by atoms with Gasteiger partial charge in [0.25, 0.3) is 5.56 Å². The first-order valence-electron chi connectivity index (χ1n) is 8.23. The van der Waals surface area contributed by atoms with Gasteiger partial charge in [-0.3, -0.25) is 9.20 Å². The minimum atomic E-state index is -0.0474. The number of nitrogens with zero attached hydrogens (tertiary/aromatic N) is 3.